The van der Waals surface area contributed by atoms with E-state index in [2.05, 4.69) is 23.6 Å². The Kier molecular flexibility index (Phi) is 4.52. The van der Waals surface area contributed by atoms with Crippen LogP contribution in [-0.2, 0) is 0 Å². The molecule has 0 aromatic rings. The Hall–Kier alpha value is -0.160. The van der Waals surface area contributed by atoms with Gasteiger partial charge < -0.3 is 10.8 Å². The molecular weight excluding hydrogens is 190 g/mol. The van der Waals surface area contributed by atoms with Crippen molar-refractivity contribution in [2.24, 2.45) is 5.73 Å². The number of nitrogens with zero attached hydrogens (tertiary/aromatic N) is 2. The van der Waals surface area contributed by atoms with Gasteiger partial charge >= 0.3 is 0 Å². The Balaban J connectivity index is 2.41. The van der Waals surface area contributed by atoms with Crippen molar-refractivity contribution in [3.8, 4) is 0 Å². The van der Waals surface area contributed by atoms with Gasteiger partial charge in [0.1, 0.15) is 0 Å². The predicted octanol–water partition coefficient (Wildman–Crippen LogP) is -0.278. The largest absolute Gasteiger partial charge is 0.394 e. The van der Waals surface area contributed by atoms with Gasteiger partial charge in [0.05, 0.1) is 6.61 Å². The van der Waals surface area contributed by atoms with Crippen LogP contribution in [0.4, 0.5) is 0 Å². The molecule has 0 bridgehead atoms. The van der Waals surface area contributed by atoms with E-state index in [1.54, 1.807) is 0 Å². The molecule has 0 aliphatic carbocycles. The number of likely N-dealkylation sites (N-methyl/N-ethyl adjacent to an activating group) is 1. The smallest absolute Gasteiger partial charge is 0.0621 e. The highest BCUT2D eigenvalue weighted by atomic mass is 16.3. The van der Waals surface area contributed by atoms with Crippen LogP contribution in [0.3, 0.4) is 0 Å². The standard InChI is InChI=1S/C11H25N3O/c1-4-14-6-5-13(7-10(14)2)8-11(3,12)9-15/h10,15H,4-9,12H2,1-3H3. The third kappa shape index (κ3) is 3.72. The molecule has 0 radical (unpaired) electrons. The van der Waals surface area contributed by atoms with Crippen molar-refractivity contribution in [2.45, 2.75) is 32.4 Å². The number of nitrogens with two attached hydrogens (primary N) is 1. The minimum atomic E-state index is -0.464. The first-order chi connectivity index (χ1) is 6.98. The number of aliphatic hydroxyl groups excluding tert-OH is 1. The van der Waals surface area contributed by atoms with Gasteiger partial charge in [-0.25, -0.2) is 0 Å². The van der Waals surface area contributed by atoms with Crippen molar-refractivity contribution in [2.75, 3.05) is 39.3 Å². The zero-order valence-corrected chi connectivity index (χ0v) is 10.2. The second-order valence-corrected chi connectivity index (χ2v) is 5.02. The van der Waals surface area contributed by atoms with E-state index in [1.165, 1.54) is 0 Å². The normalized spacial score (nSPS) is 29.0. The Bertz CT molecular complexity index is 196. The monoisotopic (exact) mass is 215 g/mol. The molecule has 0 aromatic carbocycles. The first-order valence-electron chi connectivity index (χ1n) is 5.84. The van der Waals surface area contributed by atoms with Gasteiger partial charge in [0.25, 0.3) is 0 Å². The van der Waals surface area contributed by atoms with E-state index < -0.39 is 5.54 Å². The van der Waals surface area contributed by atoms with Crippen LogP contribution in [0.15, 0.2) is 0 Å². The highest BCUT2D eigenvalue weighted by Crippen LogP contribution is 2.11. The molecule has 1 heterocycles. The molecule has 1 aliphatic heterocycles. The summed E-state index contributed by atoms with van der Waals surface area (Å²) in [5.41, 5.74) is 5.49. The van der Waals surface area contributed by atoms with E-state index in [9.17, 15) is 0 Å². The van der Waals surface area contributed by atoms with Crippen LogP contribution in [0.25, 0.3) is 0 Å². The third-order valence-corrected chi connectivity index (χ3v) is 3.20. The van der Waals surface area contributed by atoms with Crippen LogP contribution in [0, 0.1) is 0 Å². The van der Waals surface area contributed by atoms with Gasteiger partial charge in [0.2, 0.25) is 0 Å². The maximum atomic E-state index is 9.13. The highest BCUT2D eigenvalue weighted by Gasteiger charge is 2.27. The molecule has 90 valence electrons. The maximum Gasteiger partial charge on any atom is 0.0621 e. The fourth-order valence-electron chi connectivity index (χ4n) is 2.24. The molecule has 1 aliphatic rings. The lowest BCUT2D eigenvalue weighted by atomic mass is 10.0. The van der Waals surface area contributed by atoms with Gasteiger partial charge in [-0.2, -0.15) is 0 Å². The lowest BCUT2D eigenvalue weighted by Crippen LogP contribution is -2.58. The van der Waals surface area contributed by atoms with Crippen LogP contribution in [0.1, 0.15) is 20.8 Å². The molecule has 2 unspecified atom stereocenters. The molecule has 1 saturated heterocycles. The van der Waals surface area contributed by atoms with Crippen molar-refractivity contribution in [3.05, 3.63) is 0 Å². The van der Waals surface area contributed by atoms with Gasteiger partial charge in [-0.05, 0) is 20.4 Å². The topological polar surface area (TPSA) is 52.7 Å². The number of hydrogen-bond donors (Lipinski definition) is 2. The Morgan fingerprint density at radius 2 is 2.13 bits per heavy atom. The molecule has 2 atom stereocenters. The molecule has 0 spiro atoms. The summed E-state index contributed by atoms with van der Waals surface area (Å²) in [6, 6.07) is 0.596. The molecule has 4 nitrogen and oxygen atoms in total. The van der Waals surface area contributed by atoms with Crippen LogP contribution in [-0.4, -0.2) is 65.8 Å². The lowest BCUT2D eigenvalue weighted by molar-refractivity contribution is 0.0626. The average Bonchev–Trinajstić information content (AvgIpc) is 2.17. The lowest BCUT2D eigenvalue weighted by Gasteiger charge is -2.41. The second kappa shape index (κ2) is 5.25. The average molecular weight is 215 g/mol. The van der Waals surface area contributed by atoms with Crippen LogP contribution >= 0.6 is 0 Å². The van der Waals surface area contributed by atoms with Gasteiger partial charge in [-0.1, -0.05) is 6.92 Å². The minimum Gasteiger partial charge on any atom is -0.394 e. The summed E-state index contributed by atoms with van der Waals surface area (Å²) in [5.74, 6) is 0. The molecule has 4 heteroatoms. The first kappa shape index (κ1) is 12.9. The fourth-order valence-corrected chi connectivity index (χ4v) is 2.24. The molecule has 1 fully saturated rings. The molecule has 0 saturated carbocycles. The Morgan fingerprint density at radius 1 is 1.47 bits per heavy atom. The summed E-state index contributed by atoms with van der Waals surface area (Å²) < 4.78 is 0. The van der Waals surface area contributed by atoms with Gasteiger partial charge in [-0.15, -0.1) is 0 Å². The van der Waals surface area contributed by atoms with E-state index in [0.29, 0.717) is 6.04 Å². The van der Waals surface area contributed by atoms with Crippen molar-refractivity contribution in [1.29, 1.82) is 0 Å². The number of aliphatic hydroxyl groups is 1. The number of hydrogen-bond acceptors (Lipinski definition) is 4. The van der Waals surface area contributed by atoms with Gasteiger partial charge in [0, 0.05) is 37.8 Å². The molecule has 0 aromatic heterocycles. The van der Waals surface area contributed by atoms with Crippen LogP contribution in [0.2, 0.25) is 0 Å². The summed E-state index contributed by atoms with van der Waals surface area (Å²) in [6.07, 6.45) is 0. The summed E-state index contributed by atoms with van der Waals surface area (Å²) in [5, 5.41) is 9.13. The zero-order valence-electron chi connectivity index (χ0n) is 10.2. The third-order valence-electron chi connectivity index (χ3n) is 3.20. The van der Waals surface area contributed by atoms with E-state index >= 15 is 0 Å². The number of piperazine rings is 1. The quantitative estimate of drug-likeness (QED) is 0.677. The zero-order chi connectivity index (χ0) is 11.5. The van der Waals surface area contributed by atoms with Crippen LogP contribution < -0.4 is 5.73 Å². The Labute approximate surface area is 93.0 Å². The maximum absolute atomic E-state index is 9.13. The number of rotatable bonds is 4. The second-order valence-electron chi connectivity index (χ2n) is 5.02. The molecule has 15 heavy (non-hydrogen) atoms. The van der Waals surface area contributed by atoms with Gasteiger partial charge in [-0.3, -0.25) is 9.80 Å². The molecule has 0 amide bonds. The summed E-state index contributed by atoms with van der Waals surface area (Å²) in [4.78, 5) is 4.83. The fraction of sp³-hybridized carbons (Fsp3) is 1.00. The Morgan fingerprint density at radius 3 is 2.60 bits per heavy atom. The van der Waals surface area contributed by atoms with Gasteiger partial charge in [0.15, 0.2) is 0 Å². The van der Waals surface area contributed by atoms with Crippen molar-refractivity contribution < 1.29 is 5.11 Å². The SMILES string of the molecule is CCN1CCN(CC(C)(N)CO)CC1C. The van der Waals surface area contributed by atoms with Crippen molar-refractivity contribution in [1.82, 2.24) is 9.80 Å². The highest BCUT2D eigenvalue weighted by molar-refractivity contribution is 4.86. The summed E-state index contributed by atoms with van der Waals surface area (Å²) >= 11 is 0. The van der Waals surface area contributed by atoms with E-state index in [4.69, 9.17) is 10.8 Å². The van der Waals surface area contributed by atoms with Crippen molar-refractivity contribution >= 4 is 0 Å². The molecular formula is C11H25N3O. The van der Waals surface area contributed by atoms with Crippen molar-refractivity contribution in [3.63, 3.8) is 0 Å². The predicted molar refractivity (Wildman–Crippen MR) is 62.8 cm³/mol. The molecule has 3 N–H and O–H groups in total. The van der Waals surface area contributed by atoms with E-state index in [-0.39, 0.29) is 6.61 Å². The summed E-state index contributed by atoms with van der Waals surface area (Å²) in [7, 11) is 0. The minimum absolute atomic E-state index is 0.0510. The van der Waals surface area contributed by atoms with E-state index in [0.717, 1.165) is 32.7 Å². The molecule has 1 rings (SSSR count). The van der Waals surface area contributed by atoms with Crippen LogP contribution in [0.5, 0.6) is 0 Å². The van der Waals surface area contributed by atoms with E-state index in [1.807, 2.05) is 6.92 Å². The summed E-state index contributed by atoms with van der Waals surface area (Å²) in [6.45, 7) is 11.5. The first-order valence-corrected chi connectivity index (χ1v) is 5.84.